The fourth-order valence-corrected chi connectivity index (χ4v) is 7.35. The van der Waals surface area contributed by atoms with Gasteiger partial charge in [-0.1, -0.05) is 24.0 Å². The highest BCUT2D eigenvalue weighted by Gasteiger charge is 2.57. The summed E-state index contributed by atoms with van der Waals surface area (Å²) in [7, 11) is 0. The van der Waals surface area contributed by atoms with Gasteiger partial charge in [-0.2, -0.15) is 0 Å². The summed E-state index contributed by atoms with van der Waals surface area (Å²) >= 11 is 0. The number of hydrogen-bond donors (Lipinski definition) is 2. The number of nitrogens with one attached hydrogen (secondary N) is 2. The average molecular weight is 647 g/mol. The number of amides is 2. The molecule has 0 radical (unpaired) electrons. The lowest BCUT2D eigenvalue weighted by molar-refractivity contribution is 0.0164. The third-order valence-corrected chi connectivity index (χ3v) is 9.69. The Kier molecular flexibility index (Phi) is 6.92. The number of benzene rings is 2. The molecule has 248 valence electrons. The SMILES string of the molecule is CC(C)(C)OC(=O)N1[C@@H]2C[C@@H]2C[C@H]1c1ncc(-c2ccc(C#Cc3ccc4nc([C@@H]5C[C@H]6C[C@H]6N5C(=O)OC(C)(C)C)[nH]c4c3)cc2)[nH]1. The highest BCUT2D eigenvalue weighted by Crippen LogP contribution is 2.54. The summed E-state index contributed by atoms with van der Waals surface area (Å²) in [5.41, 5.74) is 4.36. The zero-order valence-corrected chi connectivity index (χ0v) is 28.3. The maximum absolute atomic E-state index is 13.0. The number of fused-ring (bicyclic) bond motifs is 3. The molecular formula is C38H42N6O4. The van der Waals surface area contributed by atoms with E-state index >= 15 is 0 Å². The van der Waals surface area contributed by atoms with Crippen molar-refractivity contribution in [2.45, 2.75) is 103 Å². The number of hydrogen-bond acceptors (Lipinski definition) is 6. The summed E-state index contributed by atoms with van der Waals surface area (Å²) in [5, 5.41) is 0. The second kappa shape index (κ2) is 10.9. The molecule has 10 nitrogen and oxygen atoms in total. The molecule has 2 N–H and O–H groups in total. The average Bonchev–Trinajstić information content (AvgIpc) is 3.64. The van der Waals surface area contributed by atoms with Crippen molar-refractivity contribution in [3.63, 3.8) is 0 Å². The number of rotatable bonds is 3. The van der Waals surface area contributed by atoms with E-state index < -0.39 is 11.2 Å². The number of likely N-dealkylation sites (tertiary alicyclic amines) is 2. The Morgan fingerprint density at radius 2 is 1.31 bits per heavy atom. The van der Waals surface area contributed by atoms with Crippen LogP contribution in [0.5, 0.6) is 0 Å². The van der Waals surface area contributed by atoms with E-state index in [1.807, 2.05) is 100 Å². The molecule has 6 atom stereocenters. The van der Waals surface area contributed by atoms with Crippen LogP contribution < -0.4 is 0 Å². The molecule has 2 aromatic heterocycles. The van der Waals surface area contributed by atoms with Gasteiger partial charge in [0.1, 0.15) is 22.9 Å². The van der Waals surface area contributed by atoms with Gasteiger partial charge >= 0.3 is 12.2 Å². The first-order valence-corrected chi connectivity index (χ1v) is 17.0. The minimum Gasteiger partial charge on any atom is -0.444 e. The van der Waals surface area contributed by atoms with Crippen molar-refractivity contribution in [2.24, 2.45) is 11.8 Å². The van der Waals surface area contributed by atoms with Crippen LogP contribution in [0.3, 0.4) is 0 Å². The Morgan fingerprint density at radius 1 is 0.750 bits per heavy atom. The minimum absolute atomic E-state index is 0.0986. The van der Waals surface area contributed by atoms with Gasteiger partial charge in [0.05, 0.1) is 35.0 Å². The van der Waals surface area contributed by atoms with E-state index in [9.17, 15) is 9.59 Å². The fraction of sp³-hybridized carbons (Fsp3) is 0.474. The highest BCUT2D eigenvalue weighted by atomic mass is 16.6. The van der Waals surface area contributed by atoms with E-state index in [2.05, 4.69) is 26.8 Å². The monoisotopic (exact) mass is 646 g/mol. The molecule has 10 heteroatoms. The predicted octanol–water partition coefficient (Wildman–Crippen LogP) is 7.49. The molecular weight excluding hydrogens is 604 g/mol. The summed E-state index contributed by atoms with van der Waals surface area (Å²) in [6.45, 7) is 11.4. The molecule has 2 aliphatic heterocycles. The molecule has 4 aliphatic rings. The second-order valence-electron chi connectivity index (χ2n) is 15.8. The van der Waals surface area contributed by atoms with E-state index in [0.717, 1.165) is 70.7 Å². The van der Waals surface area contributed by atoms with E-state index in [1.54, 1.807) is 0 Å². The molecule has 2 saturated heterocycles. The lowest BCUT2D eigenvalue weighted by atomic mass is 10.1. The number of carbonyl (C=O) groups excluding carboxylic acids is 2. The molecule has 8 rings (SSSR count). The van der Waals surface area contributed by atoms with Gasteiger partial charge in [0, 0.05) is 23.2 Å². The van der Waals surface area contributed by atoms with Crippen LogP contribution in [0, 0.1) is 23.7 Å². The molecule has 4 heterocycles. The lowest BCUT2D eigenvalue weighted by Crippen LogP contribution is -2.38. The van der Waals surface area contributed by atoms with Crippen molar-refractivity contribution < 1.29 is 19.1 Å². The number of ether oxygens (including phenoxy) is 2. The van der Waals surface area contributed by atoms with Crippen LogP contribution in [0.25, 0.3) is 22.3 Å². The van der Waals surface area contributed by atoms with Crippen molar-refractivity contribution in [1.29, 1.82) is 0 Å². The van der Waals surface area contributed by atoms with Crippen LogP contribution >= 0.6 is 0 Å². The molecule has 2 amide bonds. The first-order valence-electron chi connectivity index (χ1n) is 17.0. The normalized spacial score (nSPS) is 25.7. The molecule has 0 spiro atoms. The Balaban J connectivity index is 0.949. The largest absolute Gasteiger partial charge is 0.444 e. The molecule has 4 fully saturated rings. The standard InChI is InChI=1S/C38H42N6O4/c1-37(2,3)47-35(45)43-29-16-24(29)18-31(43)33-39-20-28(42-33)23-12-9-21(10-13-23)7-8-22-11-14-26-27(15-22)41-34(40-26)32-19-25-17-30(25)44(32)36(46)48-38(4,5)6/h9-15,20,24-25,29-32H,16-19H2,1-6H3,(H,39,42)(H,40,41)/t24-,25-,29-,30-,31+,32+/m1/s1. The topological polar surface area (TPSA) is 116 Å². The van der Waals surface area contributed by atoms with Crippen molar-refractivity contribution in [3.05, 3.63) is 71.4 Å². The van der Waals surface area contributed by atoms with Gasteiger partial charge in [-0.3, -0.25) is 9.80 Å². The first kappa shape index (κ1) is 30.5. The van der Waals surface area contributed by atoms with Crippen LogP contribution in [0.2, 0.25) is 0 Å². The summed E-state index contributed by atoms with van der Waals surface area (Å²) in [6.07, 6.45) is 5.19. The van der Waals surface area contributed by atoms with Crippen LogP contribution in [-0.2, 0) is 9.47 Å². The number of aromatic amines is 2. The fourth-order valence-electron chi connectivity index (χ4n) is 7.35. The van der Waals surface area contributed by atoms with E-state index in [0.29, 0.717) is 11.8 Å². The van der Waals surface area contributed by atoms with E-state index in [4.69, 9.17) is 14.5 Å². The Hall–Kier alpha value is -4.78. The Morgan fingerprint density at radius 3 is 1.92 bits per heavy atom. The maximum Gasteiger partial charge on any atom is 0.411 e. The third-order valence-electron chi connectivity index (χ3n) is 9.69. The van der Waals surface area contributed by atoms with E-state index in [1.165, 1.54) is 0 Å². The number of aromatic nitrogens is 4. The quantitative estimate of drug-likeness (QED) is 0.223. The number of imidazole rings is 2. The third kappa shape index (κ3) is 5.91. The summed E-state index contributed by atoms with van der Waals surface area (Å²) < 4.78 is 11.4. The molecule has 2 saturated carbocycles. The van der Waals surface area contributed by atoms with Crippen LogP contribution in [0.1, 0.15) is 102 Å². The Labute approximate surface area is 280 Å². The molecule has 2 aromatic carbocycles. The van der Waals surface area contributed by atoms with Crippen molar-refractivity contribution >= 4 is 23.2 Å². The van der Waals surface area contributed by atoms with Crippen LogP contribution in [0.15, 0.2) is 48.7 Å². The molecule has 0 bridgehead atoms. The van der Waals surface area contributed by atoms with Gasteiger partial charge in [-0.15, -0.1) is 0 Å². The second-order valence-corrected chi connectivity index (χ2v) is 15.8. The first-order chi connectivity index (χ1) is 22.8. The number of carbonyl (C=O) groups is 2. The van der Waals surface area contributed by atoms with Crippen molar-refractivity contribution in [3.8, 4) is 23.1 Å². The Bertz CT molecular complexity index is 1970. The lowest BCUT2D eigenvalue weighted by Gasteiger charge is -2.29. The summed E-state index contributed by atoms with van der Waals surface area (Å²) in [5.74, 6) is 9.21. The maximum atomic E-state index is 13.0. The van der Waals surface area contributed by atoms with Gasteiger partial charge in [0.15, 0.2) is 0 Å². The van der Waals surface area contributed by atoms with Crippen LogP contribution in [-0.4, -0.2) is 65.2 Å². The van der Waals surface area contributed by atoms with E-state index in [-0.39, 0.29) is 36.4 Å². The highest BCUT2D eigenvalue weighted by molar-refractivity contribution is 5.78. The number of H-pyrrole nitrogens is 2. The zero-order chi connectivity index (χ0) is 33.5. The van der Waals surface area contributed by atoms with Gasteiger partial charge in [-0.05, 0) is 115 Å². The number of piperidine rings is 2. The predicted molar refractivity (Wildman–Crippen MR) is 181 cm³/mol. The smallest absolute Gasteiger partial charge is 0.411 e. The van der Waals surface area contributed by atoms with Crippen molar-refractivity contribution in [1.82, 2.24) is 29.7 Å². The van der Waals surface area contributed by atoms with Gasteiger partial charge in [-0.25, -0.2) is 19.6 Å². The van der Waals surface area contributed by atoms with Gasteiger partial charge in [0.25, 0.3) is 0 Å². The van der Waals surface area contributed by atoms with Crippen molar-refractivity contribution in [2.75, 3.05) is 0 Å². The zero-order valence-electron chi connectivity index (χ0n) is 28.3. The van der Waals surface area contributed by atoms with Gasteiger partial charge in [0.2, 0.25) is 0 Å². The molecule has 0 unspecified atom stereocenters. The molecule has 4 aromatic rings. The minimum atomic E-state index is -0.540. The molecule has 48 heavy (non-hydrogen) atoms. The summed E-state index contributed by atoms with van der Waals surface area (Å²) in [6, 6.07) is 14.3. The number of nitrogens with zero attached hydrogens (tertiary/aromatic N) is 4. The van der Waals surface area contributed by atoms with Gasteiger partial charge < -0.3 is 19.4 Å². The molecule has 2 aliphatic carbocycles. The summed E-state index contributed by atoms with van der Waals surface area (Å²) in [4.78, 5) is 46.3. The van der Waals surface area contributed by atoms with Crippen LogP contribution in [0.4, 0.5) is 9.59 Å².